The summed E-state index contributed by atoms with van der Waals surface area (Å²) in [5, 5.41) is 0. The fourth-order valence-electron chi connectivity index (χ4n) is 0.753. The third-order valence-corrected chi connectivity index (χ3v) is 3.31. The van der Waals surface area contributed by atoms with Crippen LogP contribution in [0.5, 0.6) is 0 Å². The van der Waals surface area contributed by atoms with Gasteiger partial charge in [0.2, 0.25) is 4.69 Å². The molecule has 0 radical (unpaired) electrons. The smallest absolute Gasteiger partial charge is 0.215 e. The van der Waals surface area contributed by atoms with Crippen LogP contribution in [0.4, 0.5) is 0 Å². The normalized spacial score (nSPS) is 12.5. The summed E-state index contributed by atoms with van der Waals surface area (Å²) in [6.07, 6.45) is 0. The minimum absolute atomic E-state index is 0.0521. The number of hydrogen-bond donors (Lipinski definition) is 0. The third-order valence-electron chi connectivity index (χ3n) is 1.29. The number of hydrogen-bond acceptors (Lipinski definition) is 1. The molecule has 0 aliphatic carbocycles. The summed E-state index contributed by atoms with van der Waals surface area (Å²) in [5.41, 5.74) is 0.967. The van der Waals surface area contributed by atoms with Crippen LogP contribution in [-0.4, -0.2) is 4.69 Å². The largest absolute Gasteiger partial charge is 0.285 e. The Morgan fingerprint density at radius 1 is 1.27 bits per heavy atom. The lowest BCUT2D eigenvalue weighted by atomic mass is 10.2. The molecule has 0 aromatic heterocycles. The lowest BCUT2D eigenvalue weighted by Crippen LogP contribution is -1.96. The number of carbonyl (C=O) groups excluding carboxylic acids is 1. The first-order valence-electron chi connectivity index (χ1n) is 3.10. The van der Waals surface area contributed by atoms with Crippen molar-refractivity contribution >= 4 is 36.6 Å². The second-order valence-corrected chi connectivity index (χ2v) is 3.77. The summed E-state index contributed by atoms with van der Waals surface area (Å²) >= 11 is 6.14. The summed E-state index contributed by atoms with van der Waals surface area (Å²) in [5.74, 6) is 0. The van der Waals surface area contributed by atoms with Crippen LogP contribution >= 0.6 is 31.9 Å². The molecular weight excluding hydrogens is 272 g/mol. The highest BCUT2D eigenvalue weighted by Gasteiger charge is 2.12. The molecule has 1 aromatic carbocycles. The number of benzene rings is 1. The van der Waals surface area contributed by atoms with Gasteiger partial charge in [0.15, 0.2) is 0 Å². The van der Waals surface area contributed by atoms with Gasteiger partial charge >= 0.3 is 0 Å². The summed E-state index contributed by atoms with van der Waals surface area (Å²) in [6, 6.07) is 9.53. The zero-order valence-electron chi connectivity index (χ0n) is 5.63. The van der Waals surface area contributed by atoms with Crippen molar-refractivity contribution in [2.24, 2.45) is 0 Å². The Hall–Kier alpha value is -0.150. The molecule has 0 saturated carbocycles. The Balaban J connectivity index is 2.85. The van der Waals surface area contributed by atoms with E-state index in [2.05, 4.69) is 31.9 Å². The van der Waals surface area contributed by atoms with Gasteiger partial charge in [0.05, 0.1) is 0 Å². The zero-order chi connectivity index (χ0) is 8.27. The van der Waals surface area contributed by atoms with Crippen LogP contribution < -0.4 is 0 Å². The van der Waals surface area contributed by atoms with Gasteiger partial charge in [-0.05, 0) is 21.5 Å². The van der Waals surface area contributed by atoms with Crippen LogP contribution in [0.15, 0.2) is 30.3 Å². The Labute approximate surface area is 82.1 Å². The molecule has 1 atom stereocenters. The predicted octanol–water partition coefficient (Wildman–Crippen LogP) is 3.04. The first-order valence-corrected chi connectivity index (χ1v) is 4.81. The molecule has 1 nitrogen and oxygen atoms in total. The van der Waals surface area contributed by atoms with Crippen molar-refractivity contribution in [2.75, 3.05) is 0 Å². The number of rotatable bonds is 2. The van der Waals surface area contributed by atoms with Gasteiger partial charge in [-0.2, -0.15) is 0 Å². The van der Waals surface area contributed by atoms with E-state index < -0.39 is 0 Å². The van der Waals surface area contributed by atoms with Gasteiger partial charge in [-0.3, -0.25) is 4.79 Å². The molecule has 0 bridgehead atoms. The highest BCUT2D eigenvalue weighted by Crippen LogP contribution is 2.25. The maximum Gasteiger partial charge on any atom is 0.215 e. The van der Waals surface area contributed by atoms with Gasteiger partial charge in [0.25, 0.3) is 0 Å². The molecule has 1 rings (SSSR count). The molecule has 0 heterocycles. The highest BCUT2D eigenvalue weighted by atomic mass is 79.9. The van der Waals surface area contributed by atoms with Crippen molar-refractivity contribution in [3.63, 3.8) is 0 Å². The van der Waals surface area contributed by atoms with E-state index in [1.165, 1.54) is 0 Å². The molecule has 0 aliphatic rings. The maximum atomic E-state index is 10.8. The van der Waals surface area contributed by atoms with Gasteiger partial charge < -0.3 is 0 Å². The number of alkyl halides is 1. The van der Waals surface area contributed by atoms with E-state index in [0.717, 1.165) is 5.56 Å². The van der Waals surface area contributed by atoms with Crippen molar-refractivity contribution in [3.05, 3.63) is 35.9 Å². The molecule has 0 amide bonds. The van der Waals surface area contributed by atoms with Gasteiger partial charge in [-0.15, -0.1) is 0 Å². The average Bonchev–Trinajstić information content (AvgIpc) is 2.05. The summed E-state index contributed by atoms with van der Waals surface area (Å²) in [4.78, 5) is 10.6. The lowest BCUT2D eigenvalue weighted by molar-refractivity contribution is -0.109. The third kappa shape index (κ3) is 2.42. The van der Waals surface area contributed by atoms with E-state index in [1.807, 2.05) is 30.3 Å². The molecule has 1 aromatic rings. The fraction of sp³-hybridized carbons (Fsp3) is 0.125. The van der Waals surface area contributed by atoms with Crippen molar-refractivity contribution in [1.82, 2.24) is 0 Å². The second-order valence-electron chi connectivity index (χ2n) is 2.08. The molecule has 0 aliphatic heterocycles. The van der Waals surface area contributed by atoms with Crippen molar-refractivity contribution < 1.29 is 4.79 Å². The van der Waals surface area contributed by atoms with Crippen molar-refractivity contribution in [2.45, 2.75) is 4.83 Å². The molecule has 58 valence electrons. The zero-order valence-corrected chi connectivity index (χ0v) is 8.80. The number of halogens is 2. The minimum atomic E-state index is -0.233. The molecule has 0 N–H and O–H groups in total. The van der Waals surface area contributed by atoms with Crippen molar-refractivity contribution in [3.8, 4) is 0 Å². The van der Waals surface area contributed by atoms with Gasteiger partial charge in [0, 0.05) is 0 Å². The van der Waals surface area contributed by atoms with Gasteiger partial charge in [-0.25, -0.2) is 0 Å². The maximum absolute atomic E-state index is 10.8. The van der Waals surface area contributed by atoms with E-state index >= 15 is 0 Å². The topological polar surface area (TPSA) is 17.1 Å². The van der Waals surface area contributed by atoms with Gasteiger partial charge in [-0.1, -0.05) is 46.3 Å². The van der Waals surface area contributed by atoms with E-state index in [0.29, 0.717) is 0 Å². The van der Waals surface area contributed by atoms with Crippen LogP contribution in [0.1, 0.15) is 10.4 Å². The van der Waals surface area contributed by atoms with E-state index in [-0.39, 0.29) is 9.52 Å². The van der Waals surface area contributed by atoms with E-state index in [1.54, 1.807) is 0 Å². The standard InChI is InChI=1S/C8H6Br2O/c9-7(8(10)11)6-4-2-1-3-5-6/h1-5,7H. The second kappa shape index (κ2) is 4.02. The van der Waals surface area contributed by atoms with Crippen LogP contribution in [0.3, 0.4) is 0 Å². The molecule has 11 heavy (non-hydrogen) atoms. The summed E-state index contributed by atoms with van der Waals surface area (Å²) in [7, 11) is 0. The Kier molecular flexibility index (Phi) is 3.27. The molecule has 0 fully saturated rings. The van der Waals surface area contributed by atoms with Gasteiger partial charge in [0.1, 0.15) is 4.83 Å². The molecular formula is C8H6Br2O. The summed E-state index contributed by atoms with van der Waals surface area (Å²) in [6.45, 7) is 0. The average molecular weight is 278 g/mol. The van der Waals surface area contributed by atoms with E-state index in [4.69, 9.17) is 0 Å². The lowest BCUT2D eigenvalue weighted by Gasteiger charge is -2.02. The molecule has 0 saturated heterocycles. The Morgan fingerprint density at radius 3 is 2.27 bits per heavy atom. The van der Waals surface area contributed by atoms with Crippen LogP contribution in [0.2, 0.25) is 0 Å². The van der Waals surface area contributed by atoms with Crippen LogP contribution in [0.25, 0.3) is 0 Å². The van der Waals surface area contributed by atoms with E-state index in [9.17, 15) is 4.79 Å². The molecule has 3 heteroatoms. The number of carbonyl (C=O) groups is 1. The van der Waals surface area contributed by atoms with Crippen LogP contribution in [0, 0.1) is 0 Å². The summed E-state index contributed by atoms with van der Waals surface area (Å²) < 4.78 is -0.0521. The quantitative estimate of drug-likeness (QED) is 0.600. The predicted molar refractivity (Wildman–Crippen MR) is 52.0 cm³/mol. The Morgan fingerprint density at radius 2 is 1.82 bits per heavy atom. The SMILES string of the molecule is O=C(Br)C(Br)c1ccccc1. The minimum Gasteiger partial charge on any atom is -0.285 e. The Bertz CT molecular complexity index is 246. The van der Waals surface area contributed by atoms with Crippen LogP contribution in [-0.2, 0) is 4.79 Å². The highest BCUT2D eigenvalue weighted by molar-refractivity contribution is 9.19. The molecule has 1 unspecified atom stereocenters. The monoisotopic (exact) mass is 276 g/mol. The van der Waals surface area contributed by atoms with Crippen molar-refractivity contribution in [1.29, 1.82) is 0 Å². The fourth-order valence-corrected chi connectivity index (χ4v) is 1.32. The first kappa shape index (κ1) is 8.94. The molecule has 0 spiro atoms. The first-order chi connectivity index (χ1) is 5.22.